The summed E-state index contributed by atoms with van der Waals surface area (Å²) in [6.07, 6.45) is 0.994. The number of aromatic nitrogens is 2. The van der Waals surface area contributed by atoms with Crippen molar-refractivity contribution in [1.82, 2.24) is 9.97 Å². The van der Waals surface area contributed by atoms with Crippen LogP contribution in [0.3, 0.4) is 0 Å². The lowest BCUT2D eigenvalue weighted by Gasteiger charge is -2.19. The number of carboxylic acid groups (broad SMARTS) is 1. The van der Waals surface area contributed by atoms with E-state index in [0.29, 0.717) is 5.56 Å². The summed E-state index contributed by atoms with van der Waals surface area (Å²) < 4.78 is 37.7. The van der Waals surface area contributed by atoms with Gasteiger partial charge >= 0.3 is 5.97 Å². The number of carbonyl (C=O) groups is 1. The normalized spacial score (nSPS) is 11.6. The van der Waals surface area contributed by atoms with Gasteiger partial charge in [0, 0.05) is 12.6 Å². The molecule has 0 aliphatic carbocycles. The highest BCUT2D eigenvalue weighted by Gasteiger charge is 2.26. The van der Waals surface area contributed by atoms with Crippen molar-refractivity contribution in [3.05, 3.63) is 41.3 Å². The maximum atomic E-state index is 13.2. The smallest absolute Gasteiger partial charge is 0.339 e. The number of anilines is 1. The minimum Gasteiger partial charge on any atom is -0.478 e. The molecule has 134 valence electrons. The van der Waals surface area contributed by atoms with E-state index in [1.807, 2.05) is 0 Å². The molecule has 0 radical (unpaired) electrons. The number of rotatable bonds is 5. The molecule has 0 saturated carbocycles. The van der Waals surface area contributed by atoms with Crippen molar-refractivity contribution < 1.29 is 22.7 Å². The quantitative estimate of drug-likeness (QED) is 0.871. The summed E-state index contributed by atoms with van der Waals surface area (Å²) in [6, 6.07) is 5.13. The van der Waals surface area contributed by atoms with Crippen molar-refractivity contribution >= 4 is 21.9 Å². The van der Waals surface area contributed by atoms with Crippen LogP contribution >= 0.6 is 0 Å². The van der Waals surface area contributed by atoms with E-state index >= 15 is 0 Å². The number of hydrogen-bond donors (Lipinski definition) is 1. The summed E-state index contributed by atoms with van der Waals surface area (Å²) in [5, 5.41) is 9.61. The molecule has 0 aliphatic heterocycles. The number of carboxylic acids is 1. The summed E-state index contributed by atoms with van der Waals surface area (Å²) in [5.41, 5.74) is 0.461. The molecule has 9 heteroatoms. The Balaban J connectivity index is 2.84. The van der Waals surface area contributed by atoms with Crippen molar-refractivity contribution in [1.29, 1.82) is 0 Å². The minimum absolute atomic E-state index is 0.0386. The zero-order valence-electron chi connectivity index (χ0n) is 14.2. The highest BCUT2D eigenvalue weighted by molar-refractivity contribution is 7.92. The van der Waals surface area contributed by atoms with Gasteiger partial charge in [0.2, 0.25) is 16.0 Å². The van der Waals surface area contributed by atoms with Crippen molar-refractivity contribution in [2.24, 2.45) is 0 Å². The second kappa shape index (κ2) is 6.75. The minimum atomic E-state index is -3.64. The van der Waals surface area contributed by atoms with E-state index in [1.165, 1.54) is 31.3 Å². The third-order valence-corrected chi connectivity index (χ3v) is 4.74. The van der Waals surface area contributed by atoms with Gasteiger partial charge in [0.1, 0.15) is 11.4 Å². The van der Waals surface area contributed by atoms with Crippen LogP contribution in [0.2, 0.25) is 0 Å². The second-order valence-corrected chi connectivity index (χ2v) is 7.84. The molecule has 2 rings (SSSR count). The summed E-state index contributed by atoms with van der Waals surface area (Å²) >= 11 is 0. The number of aromatic carboxylic acids is 1. The summed E-state index contributed by atoms with van der Waals surface area (Å²) in [5.74, 6) is -2.15. The molecule has 0 unspecified atom stereocenters. The first kappa shape index (κ1) is 18.8. The third-order valence-electron chi connectivity index (χ3n) is 3.58. The number of nitrogens with zero attached hydrogens (tertiary/aromatic N) is 3. The van der Waals surface area contributed by atoms with Gasteiger partial charge in [-0.1, -0.05) is 13.8 Å². The molecule has 2 aromatic rings. The Morgan fingerprint density at radius 2 is 1.76 bits per heavy atom. The Bertz CT molecular complexity index is 912. The first-order valence-corrected chi connectivity index (χ1v) is 9.22. The standard InChI is InChI=1S/C16H18FN3O4S/c1-9(2)13-12(15(21)22)14(10-5-7-11(17)8-6-10)19-16(18-13)20(3)25(4,23)24/h5-9H,1-4H3,(H,21,22). The summed E-state index contributed by atoms with van der Waals surface area (Å²) in [7, 11) is -2.35. The topological polar surface area (TPSA) is 100 Å². The molecule has 1 heterocycles. The van der Waals surface area contributed by atoms with Gasteiger partial charge in [-0.25, -0.2) is 31.9 Å². The van der Waals surface area contributed by atoms with Crippen molar-refractivity contribution in [2.75, 3.05) is 17.6 Å². The van der Waals surface area contributed by atoms with E-state index in [0.717, 1.165) is 10.6 Å². The molecule has 1 aromatic carbocycles. The van der Waals surface area contributed by atoms with Gasteiger partial charge in [0.15, 0.2) is 0 Å². The largest absolute Gasteiger partial charge is 0.478 e. The van der Waals surface area contributed by atoms with Crippen LogP contribution in [-0.2, 0) is 10.0 Å². The van der Waals surface area contributed by atoms with Gasteiger partial charge in [-0.2, -0.15) is 0 Å². The molecule has 0 atom stereocenters. The molecular weight excluding hydrogens is 349 g/mol. The predicted octanol–water partition coefficient (Wildman–Crippen LogP) is 2.50. The van der Waals surface area contributed by atoms with Crippen molar-refractivity contribution in [3.8, 4) is 11.3 Å². The Hall–Kier alpha value is -2.55. The maximum absolute atomic E-state index is 13.2. The molecule has 0 saturated heterocycles. The van der Waals surface area contributed by atoms with E-state index in [4.69, 9.17) is 0 Å². The monoisotopic (exact) mass is 367 g/mol. The van der Waals surface area contributed by atoms with Gasteiger partial charge in [-0.05, 0) is 30.2 Å². The van der Waals surface area contributed by atoms with Crippen molar-refractivity contribution in [2.45, 2.75) is 19.8 Å². The van der Waals surface area contributed by atoms with E-state index in [1.54, 1.807) is 13.8 Å². The third kappa shape index (κ3) is 3.93. The summed E-state index contributed by atoms with van der Waals surface area (Å²) in [4.78, 5) is 20.1. The van der Waals surface area contributed by atoms with Gasteiger partial charge in [-0.3, -0.25) is 0 Å². The zero-order valence-corrected chi connectivity index (χ0v) is 15.0. The fourth-order valence-corrected chi connectivity index (χ4v) is 2.58. The Labute approximate surface area is 145 Å². The second-order valence-electron chi connectivity index (χ2n) is 5.83. The van der Waals surface area contributed by atoms with Gasteiger partial charge in [-0.15, -0.1) is 0 Å². The zero-order chi connectivity index (χ0) is 18.9. The highest BCUT2D eigenvalue weighted by atomic mass is 32.2. The number of benzene rings is 1. The van der Waals surface area contributed by atoms with Gasteiger partial charge in [0.05, 0.1) is 17.6 Å². The van der Waals surface area contributed by atoms with Gasteiger partial charge in [0.25, 0.3) is 0 Å². The first-order valence-electron chi connectivity index (χ1n) is 7.37. The summed E-state index contributed by atoms with van der Waals surface area (Å²) in [6.45, 7) is 3.49. The molecule has 0 aliphatic rings. The van der Waals surface area contributed by atoms with Crippen LogP contribution in [0.25, 0.3) is 11.3 Å². The fourth-order valence-electron chi connectivity index (χ4n) is 2.20. The molecule has 0 amide bonds. The van der Waals surface area contributed by atoms with Crippen LogP contribution in [0.5, 0.6) is 0 Å². The van der Waals surface area contributed by atoms with E-state index < -0.39 is 21.8 Å². The average molecular weight is 367 g/mol. The number of halogens is 1. The Kier molecular flexibility index (Phi) is 5.07. The van der Waals surface area contributed by atoms with E-state index in [-0.39, 0.29) is 28.8 Å². The number of hydrogen-bond acceptors (Lipinski definition) is 5. The molecule has 1 N–H and O–H groups in total. The lowest BCUT2D eigenvalue weighted by atomic mass is 9.98. The fraction of sp³-hybridized carbons (Fsp3) is 0.312. The molecule has 7 nitrogen and oxygen atoms in total. The Morgan fingerprint density at radius 1 is 1.20 bits per heavy atom. The number of sulfonamides is 1. The highest BCUT2D eigenvalue weighted by Crippen LogP contribution is 2.30. The lowest BCUT2D eigenvalue weighted by Crippen LogP contribution is -2.28. The van der Waals surface area contributed by atoms with Crippen LogP contribution in [0, 0.1) is 5.82 Å². The van der Waals surface area contributed by atoms with Crippen LogP contribution in [0.15, 0.2) is 24.3 Å². The molecular formula is C16H18FN3O4S. The maximum Gasteiger partial charge on any atom is 0.339 e. The Morgan fingerprint density at radius 3 is 2.20 bits per heavy atom. The molecule has 0 spiro atoms. The van der Waals surface area contributed by atoms with Crippen LogP contribution in [0.4, 0.5) is 10.3 Å². The van der Waals surface area contributed by atoms with Gasteiger partial charge < -0.3 is 5.11 Å². The SMILES string of the molecule is CC(C)c1nc(N(C)S(C)(=O)=O)nc(-c2ccc(F)cc2)c1C(=O)O. The predicted molar refractivity (Wildman–Crippen MR) is 91.7 cm³/mol. The molecule has 0 bridgehead atoms. The van der Waals surface area contributed by atoms with Crippen molar-refractivity contribution in [3.63, 3.8) is 0 Å². The lowest BCUT2D eigenvalue weighted by molar-refractivity contribution is 0.0695. The van der Waals surface area contributed by atoms with Crippen LogP contribution in [0.1, 0.15) is 35.8 Å². The average Bonchev–Trinajstić information content (AvgIpc) is 2.52. The molecule has 1 aromatic heterocycles. The van der Waals surface area contributed by atoms with Crippen LogP contribution < -0.4 is 4.31 Å². The van der Waals surface area contributed by atoms with E-state index in [2.05, 4.69) is 9.97 Å². The molecule has 25 heavy (non-hydrogen) atoms. The van der Waals surface area contributed by atoms with Crippen LogP contribution in [-0.4, -0.2) is 42.8 Å². The molecule has 0 fully saturated rings. The first-order chi connectivity index (χ1) is 11.5. The van der Waals surface area contributed by atoms with E-state index in [9.17, 15) is 22.7 Å².